The van der Waals surface area contributed by atoms with E-state index in [1.807, 2.05) is 17.8 Å². The Bertz CT molecular complexity index is 492. The Morgan fingerprint density at radius 1 is 1.30 bits per heavy atom. The number of hydrogen-bond donors (Lipinski definition) is 0. The lowest BCUT2D eigenvalue weighted by Gasteiger charge is -2.24. The van der Waals surface area contributed by atoms with Crippen molar-refractivity contribution in [3.8, 4) is 11.5 Å². The zero-order valence-corrected chi connectivity index (χ0v) is 13.3. The number of methoxy groups -OCH3 is 2. The quantitative estimate of drug-likeness (QED) is 0.848. The molecule has 0 saturated carbocycles. The standard InChI is InChI=1S/C16H23NO2S/c1-17-8-4-5-12(17)9-11-10-20-14-7-6-13(18-2)16(19-3)15(11)14/h6-7,11-12H,4-5,8-10H2,1-3H3/t11?,12-/m1/s1. The number of hydrogen-bond acceptors (Lipinski definition) is 4. The molecule has 0 aliphatic carbocycles. The first-order valence-electron chi connectivity index (χ1n) is 7.32. The molecule has 1 aromatic carbocycles. The van der Waals surface area contributed by atoms with Crippen LogP contribution in [0.4, 0.5) is 0 Å². The van der Waals surface area contributed by atoms with Crippen LogP contribution >= 0.6 is 11.8 Å². The summed E-state index contributed by atoms with van der Waals surface area (Å²) in [7, 11) is 5.72. The van der Waals surface area contributed by atoms with Gasteiger partial charge in [0.05, 0.1) is 14.2 Å². The summed E-state index contributed by atoms with van der Waals surface area (Å²) in [4.78, 5) is 3.88. The molecular weight excluding hydrogens is 270 g/mol. The molecule has 3 rings (SSSR count). The molecule has 0 aromatic heterocycles. The third-order valence-corrected chi connectivity index (χ3v) is 5.86. The normalized spacial score (nSPS) is 25.8. The predicted molar refractivity (Wildman–Crippen MR) is 83.3 cm³/mol. The van der Waals surface area contributed by atoms with Crippen LogP contribution in [-0.4, -0.2) is 44.5 Å². The van der Waals surface area contributed by atoms with E-state index in [0.29, 0.717) is 5.92 Å². The Labute approximate surface area is 125 Å². The minimum absolute atomic E-state index is 0.589. The van der Waals surface area contributed by atoms with Gasteiger partial charge in [0.1, 0.15) is 0 Å². The molecule has 110 valence electrons. The molecule has 2 atom stereocenters. The number of likely N-dealkylation sites (tertiary alicyclic amines) is 1. The zero-order valence-electron chi connectivity index (χ0n) is 12.5. The van der Waals surface area contributed by atoms with Crippen LogP contribution in [0.5, 0.6) is 11.5 Å². The van der Waals surface area contributed by atoms with Crippen LogP contribution in [0.2, 0.25) is 0 Å². The second-order valence-corrected chi connectivity index (χ2v) is 6.80. The number of fused-ring (bicyclic) bond motifs is 1. The lowest BCUT2D eigenvalue weighted by molar-refractivity contribution is 0.283. The fraction of sp³-hybridized carbons (Fsp3) is 0.625. The van der Waals surface area contributed by atoms with Gasteiger partial charge >= 0.3 is 0 Å². The van der Waals surface area contributed by atoms with Gasteiger partial charge in [0.2, 0.25) is 0 Å². The molecule has 20 heavy (non-hydrogen) atoms. The van der Waals surface area contributed by atoms with E-state index in [4.69, 9.17) is 9.47 Å². The average Bonchev–Trinajstić information content (AvgIpc) is 3.05. The van der Waals surface area contributed by atoms with Crippen molar-refractivity contribution in [1.29, 1.82) is 0 Å². The van der Waals surface area contributed by atoms with Crippen LogP contribution in [0.15, 0.2) is 17.0 Å². The summed E-state index contributed by atoms with van der Waals surface area (Å²) in [6, 6.07) is 4.93. The minimum Gasteiger partial charge on any atom is -0.493 e. The summed E-state index contributed by atoms with van der Waals surface area (Å²) in [5.74, 6) is 3.56. The van der Waals surface area contributed by atoms with Gasteiger partial charge in [-0.1, -0.05) is 0 Å². The zero-order chi connectivity index (χ0) is 14.1. The van der Waals surface area contributed by atoms with E-state index in [-0.39, 0.29) is 0 Å². The molecule has 0 spiro atoms. The van der Waals surface area contributed by atoms with Crippen LogP contribution < -0.4 is 9.47 Å². The van der Waals surface area contributed by atoms with Crippen molar-refractivity contribution >= 4 is 11.8 Å². The lowest BCUT2D eigenvalue weighted by atomic mass is 9.92. The summed E-state index contributed by atoms with van der Waals surface area (Å²) in [5.41, 5.74) is 1.37. The van der Waals surface area contributed by atoms with Gasteiger partial charge in [-0.3, -0.25) is 0 Å². The van der Waals surface area contributed by atoms with Crippen molar-refractivity contribution < 1.29 is 9.47 Å². The highest BCUT2D eigenvalue weighted by molar-refractivity contribution is 7.99. The van der Waals surface area contributed by atoms with Crippen LogP contribution in [0, 0.1) is 0 Å². The van der Waals surface area contributed by atoms with Gasteiger partial charge in [-0.05, 0) is 50.9 Å². The van der Waals surface area contributed by atoms with Gasteiger partial charge in [-0.15, -0.1) is 11.8 Å². The van der Waals surface area contributed by atoms with Gasteiger partial charge < -0.3 is 14.4 Å². The summed E-state index contributed by atoms with van der Waals surface area (Å²) < 4.78 is 11.1. The molecule has 1 unspecified atom stereocenters. The first-order chi connectivity index (χ1) is 9.74. The third kappa shape index (κ3) is 2.40. The molecule has 0 radical (unpaired) electrons. The van der Waals surface area contributed by atoms with Gasteiger partial charge in [0, 0.05) is 22.3 Å². The number of benzene rings is 1. The van der Waals surface area contributed by atoms with Crippen LogP contribution in [0.1, 0.15) is 30.7 Å². The largest absolute Gasteiger partial charge is 0.493 e. The summed E-state index contributed by atoms with van der Waals surface area (Å²) in [6.45, 7) is 1.24. The van der Waals surface area contributed by atoms with Crippen molar-refractivity contribution in [3.05, 3.63) is 17.7 Å². The van der Waals surface area contributed by atoms with E-state index in [2.05, 4.69) is 18.0 Å². The highest BCUT2D eigenvalue weighted by Gasteiger charge is 2.33. The van der Waals surface area contributed by atoms with E-state index in [1.165, 1.54) is 42.0 Å². The Balaban J connectivity index is 1.88. The third-order valence-electron chi connectivity index (χ3n) is 4.62. The molecule has 0 N–H and O–H groups in total. The van der Waals surface area contributed by atoms with Crippen LogP contribution in [0.25, 0.3) is 0 Å². The van der Waals surface area contributed by atoms with Crippen molar-refractivity contribution in [2.24, 2.45) is 0 Å². The van der Waals surface area contributed by atoms with E-state index in [1.54, 1.807) is 14.2 Å². The second-order valence-electron chi connectivity index (χ2n) is 5.73. The molecule has 2 heterocycles. The Morgan fingerprint density at radius 3 is 2.80 bits per heavy atom. The first-order valence-corrected chi connectivity index (χ1v) is 8.31. The summed E-state index contributed by atoms with van der Waals surface area (Å²) >= 11 is 1.96. The number of thioether (sulfide) groups is 1. The van der Waals surface area contributed by atoms with Crippen molar-refractivity contribution in [1.82, 2.24) is 4.90 Å². The van der Waals surface area contributed by atoms with Gasteiger partial charge in [0.25, 0.3) is 0 Å². The Morgan fingerprint density at radius 2 is 2.15 bits per heavy atom. The Hall–Kier alpha value is -0.870. The molecule has 2 aliphatic rings. The first kappa shape index (κ1) is 14.1. The lowest BCUT2D eigenvalue weighted by Crippen LogP contribution is -2.26. The molecule has 2 aliphatic heterocycles. The average molecular weight is 293 g/mol. The topological polar surface area (TPSA) is 21.7 Å². The molecule has 1 aromatic rings. The highest BCUT2D eigenvalue weighted by atomic mass is 32.2. The van der Waals surface area contributed by atoms with Gasteiger partial charge in [-0.25, -0.2) is 0 Å². The molecule has 3 nitrogen and oxygen atoms in total. The predicted octanol–water partition coefficient (Wildman–Crippen LogP) is 3.38. The Kier molecular flexibility index (Phi) is 4.13. The van der Waals surface area contributed by atoms with Crippen LogP contribution in [0.3, 0.4) is 0 Å². The number of ether oxygens (including phenoxy) is 2. The maximum absolute atomic E-state index is 5.65. The van der Waals surface area contributed by atoms with Gasteiger partial charge in [0.15, 0.2) is 11.5 Å². The molecule has 1 fully saturated rings. The molecule has 0 bridgehead atoms. The smallest absolute Gasteiger partial charge is 0.165 e. The van der Waals surface area contributed by atoms with Crippen LogP contribution in [-0.2, 0) is 0 Å². The summed E-state index contributed by atoms with van der Waals surface area (Å²) in [5, 5.41) is 0. The van der Waals surface area contributed by atoms with Crippen molar-refractivity contribution in [2.75, 3.05) is 33.6 Å². The highest BCUT2D eigenvalue weighted by Crippen LogP contribution is 2.50. The maximum Gasteiger partial charge on any atom is 0.165 e. The van der Waals surface area contributed by atoms with E-state index in [0.717, 1.165) is 17.5 Å². The molecule has 4 heteroatoms. The SMILES string of the molecule is COc1ccc2c(c1OC)C(C[C@H]1CCCN1C)CS2. The fourth-order valence-corrected chi connectivity index (χ4v) is 4.77. The summed E-state index contributed by atoms with van der Waals surface area (Å²) in [6.07, 6.45) is 3.91. The molecular formula is C16H23NO2S. The van der Waals surface area contributed by atoms with E-state index < -0.39 is 0 Å². The van der Waals surface area contributed by atoms with E-state index >= 15 is 0 Å². The number of nitrogens with zero attached hydrogens (tertiary/aromatic N) is 1. The molecule has 0 amide bonds. The minimum atomic E-state index is 0.589. The monoisotopic (exact) mass is 293 g/mol. The van der Waals surface area contributed by atoms with E-state index in [9.17, 15) is 0 Å². The van der Waals surface area contributed by atoms with Crippen molar-refractivity contribution in [2.45, 2.75) is 36.1 Å². The maximum atomic E-state index is 5.65. The van der Waals surface area contributed by atoms with Gasteiger partial charge in [-0.2, -0.15) is 0 Å². The number of rotatable bonds is 4. The second kappa shape index (κ2) is 5.86. The molecule has 1 saturated heterocycles. The fourth-order valence-electron chi connectivity index (χ4n) is 3.51. The van der Waals surface area contributed by atoms with Crippen molar-refractivity contribution in [3.63, 3.8) is 0 Å².